The summed E-state index contributed by atoms with van der Waals surface area (Å²) in [5.74, 6) is 2.08. The number of hydrogen-bond donors (Lipinski definition) is 0. The molecule has 1 saturated carbocycles. The molecule has 3 atom stereocenters. The maximum Gasteiger partial charge on any atom is 0.311 e. The van der Waals surface area contributed by atoms with E-state index in [0.29, 0.717) is 30.2 Å². The van der Waals surface area contributed by atoms with Gasteiger partial charge < -0.3 is 14.4 Å². The predicted octanol–water partition coefficient (Wildman–Crippen LogP) is 4.40. The van der Waals surface area contributed by atoms with Crippen LogP contribution in [-0.4, -0.2) is 36.6 Å². The molecule has 0 spiro atoms. The molecule has 2 aliphatic rings. The number of benzene rings is 2. The Bertz CT molecular complexity index is 776. The average molecular weight is 365 g/mol. The van der Waals surface area contributed by atoms with Gasteiger partial charge in [0.15, 0.2) is 0 Å². The van der Waals surface area contributed by atoms with Gasteiger partial charge in [0, 0.05) is 30.4 Å². The minimum Gasteiger partial charge on any atom is -0.489 e. The number of carbonyl (C=O) groups is 1. The summed E-state index contributed by atoms with van der Waals surface area (Å²) in [4.78, 5) is 14.4. The van der Waals surface area contributed by atoms with Gasteiger partial charge in [-0.1, -0.05) is 36.4 Å². The number of nitrogens with zero attached hydrogens (tertiary/aromatic N) is 1. The third-order valence-corrected chi connectivity index (χ3v) is 5.85. The Morgan fingerprint density at radius 1 is 1.11 bits per heavy atom. The second-order valence-corrected chi connectivity index (χ2v) is 7.64. The van der Waals surface area contributed by atoms with Gasteiger partial charge in [0.25, 0.3) is 0 Å². The zero-order chi connectivity index (χ0) is 18.6. The van der Waals surface area contributed by atoms with E-state index in [1.807, 2.05) is 36.4 Å². The lowest BCUT2D eigenvalue weighted by atomic mass is 9.80. The quantitative estimate of drug-likeness (QED) is 0.562. The summed E-state index contributed by atoms with van der Waals surface area (Å²) >= 11 is 0. The molecule has 0 aromatic heterocycles. The Morgan fingerprint density at radius 2 is 1.89 bits per heavy atom. The van der Waals surface area contributed by atoms with Gasteiger partial charge >= 0.3 is 5.97 Å². The van der Waals surface area contributed by atoms with Gasteiger partial charge in [-0.25, -0.2) is 0 Å². The molecule has 0 bridgehead atoms. The second kappa shape index (κ2) is 8.13. The Morgan fingerprint density at radius 3 is 2.74 bits per heavy atom. The Balaban J connectivity index is 1.22. The van der Waals surface area contributed by atoms with Crippen molar-refractivity contribution in [3.8, 4) is 11.5 Å². The first-order valence-corrected chi connectivity index (χ1v) is 9.92. The summed E-state index contributed by atoms with van der Waals surface area (Å²) < 4.78 is 11.6. The van der Waals surface area contributed by atoms with Crippen LogP contribution in [0.5, 0.6) is 11.5 Å². The van der Waals surface area contributed by atoms with Gasteiger partial charge in [0.2, 0.25) is 0 Å². The molecule has 0 amide bonds. The highest BCUT2D eigenvalue weighted by molar-refractivity contribution is 5.72. The van der Waals surface area contributed by atoms with Crippen LogP contribution in [0.4, 0.5) is 0 Å². The molecule has 2 aromatic carbocycles. The van der Waals surface area contributed by atoms with E-state index in [2.05, 4.69) is 30.1 Å². The number of fused-ring (bicyclic) bond motifs is 3. The summed E-state index contributed by atoms with van der Waals surface area (Å²) in [7, 11) is 2.16. The van der Waals surface area contributed by atoms with Crippen molar-refractivity contribution in [3.63, 3.8) is 0 Å². The fourth-order valence-electron chi connectivity index (χ4n) is 4.38. The number of ether oxygens (including phenoxy) is 2. The molecule has 1 aliphatic heterocycles. The van der Waals surface area contributed by atoms with Crippen LogP contribution in [0, 0.1) is 0 Å². The molecule has 27 heavy (non-hydrogen) atoms. The van der Waals surface area contributed by atoms with E-state index in [9.17, 15) is 4.79 Å². The highest BCUT2D eigenvalue weighted by Crippen LogP contribution is 2.45. The van der Waals surface area contributed by atoms with Gasteiger partial charge in [0.05, 0.1) is 0 Å². The lowest BCUT2D eigenvalue weighted by Crippen LogP contribution is -2.41. The van der Waals surface area contributed by atoms with Gasteiger partial charge in [-0.15, -0.1) is 0 Å². The lowest BCUT2D eigenvalue weighted by molar-refractivity contribution is -0.134. The van der Waals surface area contributed by atoms with Gasteiger partial charge in [-0.05, 0) is 51.1 Å². The monoisotopic (exact) mass is 365 g/mol. The van der Waals surface area contributed by atoms with E-state index in [-0.39, 0.29) is 5.97 Å². The number of esters is 1. The summed E-state index contributed by atoms with van der Waals surface area (Å²) in [6.07, 6.45) is 4.97. The van der Waals surface area contributed by atoms with Gasteiger partial charge in [-0.3, -0.25) is 4.79 Å². The third-order valence-electron chi connectivity index (χ3n) is 5.85. The summed E-state index contributed by atoms with van der Waals surface area (Å²) in [6, 6.07) is 18.2. The summed E-state index contributed by atoms with van der Waals surface area (Å²) in [6.45, 7) is 0.902. The van der Waals surface area contributed by atoms with Crippen molar-refractivity contribution in [1.29, 1.82) is 0 Å². The van der Waals surface area contributed by atoms with Crippen LogP contribution >= 0.6 is 0 Å². The number of para-hydroxylation sites is 2. The van der Waals surface area contributed by atoms with Crippen molar-refractivity contribution in [2.24, 2.45) is 0 Å². The first-order valence-electron chi connectivity index (χ1n) is 9.92. The third kappa shape index (κ3) is 4.16. The highest BCUT2D eigenvalue weighted by Gasteiger charge is 2.40. The van der Waals surface area contributed by atoms with E-state index in [0.717, 1.165) is 25.1 Å². The van der Waals surface area contributed by atoms with Crippen LogP contribution in [0.1, 0.15) is 43.6 Å². The van der Waals surface area contributed by atoms with E-state index < -0.39 is 0 Å². The Kier molecular flexibility index (Phi) is 5.44. The maximum atomic E-state index is 12.0. The van der Waals surface area contributed by atoms with Crippen LogP contribution in [0.15, 0.2) is 54.6 Å². The molecule has 0 saturated heterocycles. The van der Waals surface area contributed by atoms with Crippen LogP contribution in [0.2, 0.25) is 0 Å². The van der Waals surface area contributed by atoms with Crippen molar-refractivity contribution in [1.82, 2.24) is 4.90 Å². The Labute approximate surface area is 161 Å². The summed E-state index contributed by atoms with van der Waals surface area (Å²) in [5.41, 5.74) is 1.38. The molecule has 1 aliphatic carbocycles. The summed E-state index contributed by atoms with van der Waals surface area (Å²) in [5, 5.41) is 0. The molecule has 0 radical (unpaired) electrons. The standard InChI is InChI=1S/C23H27NO3/c1-24(15-7-12-23(25)26-18-8-3-2-4-9-18)17-13-14-20-19-10-5-6-11-21(19)27-22(20)16-17/h2-6,8-11,17,20,22H,7,12-16H2,1H3. The van der Waals surface area contributed by atoms with Crippen molar-refractivity contribution >= 4 is 5.97 Å². The smallest absolute Gasteiger partial charge is 0.311 e. The van der Waals surface area contributed by atoms with Gasteiger partial charge in [-0.2, -0.15) is 0 Å². The molecule has 0 N–H and O–H groups in total. The second-order valence-electron chi connectivity index (χ2n) is 7.64. The molecule has 1 heterocycles. The topological polar surface area (TPSA) is 38.8 Å². The van der Waals surface area contributed by atoms with Crippen molar-refractivity contribution in [3.05, 3.63) is 60.2 Å². The maximum absolute atomic E-state index is 12.0. The fraction of sp³-hybridized carbons (Fsp3) is 0.435. The zero-order valence-electron chi connectivity index (χ0n) is 15.8. The Hall–Kier alpha value is -2.33. The lowest BCUT2D eigenvalue weighted by Gasteiger charge is -2.36. The molecule has 4 nitrogen and oxygen atoms in total. The molecular formula is C23H27NO3. The molecular weight excluding hydrogens is 338 g/mol. The zero-order valence-corrected chi connectivity index (χ0v) is 15.8. The van der Waals surface area contributed by atoms with Crippen LogP contribution in [0.25, 0.3) is 0 Å². The first-order chi connectivity index (χ1) is 13.2. The molecule has 3 unspecified atom stereocenters. The SMILES string of the molecule is CN(CCCC(=O)Oc1ccccc1)C1CCC2c3ccccc3OC2C1. The molecule has 4 rings (SSSR count). The number of rotatable bonds is 6. The van der Waals surface area contributed by atoms with Crippen molar-refractivity contribution in [2.45, 2.75) is 50.2 Å². The van der Waals surface area contributed by atoms with Crippen molar-refractivity contribution < 1.29 is 14.3 Å². The minimum atomic E-state index is -0.159. The van der Waals surface area contributed by atoms with E-state index in [1.165, 1.54) is 18.4 Å². The molecule has 142 valence electrons. The van der Waals surface area contributed by atoms with E-state index >= 15 is 0 Å². The van der Waals surface area contributed by atoms with Crippen LogP contribution in [0.3, 0.4) is 0 Å². The number of carbonyl (C=O) groups excluding carboxylic acids is 1. The largest absolute Gasteiger partial charge is 0.489 e. The molecule has 4 heteroatoms. The predicted molar refractivity (Wildman–Crippen MR) is 105 cm³/mol. The number of hydrogen-bond acceptors (Lipinski definition) is 4. The average Bonchev–Trinajstić information content (AvgIpc) is 3.06. The fourth-order valence-corrected chi connectivity index (χ4v) is 4.38. The first kappa shape index (κ1) is 18.1. The van der Waals surface area contributed by atoms with Crippen LogP contribution < -0.4 is 9.47 Å². The van der Waals surface area contributed by atoms with E-state index in [1.54, 1.807) is 0 Å². The molecule has 1 fully saturated rings. The van der Waals surface area contributed by atoms with Crippen LogP contribution in [-0.2, 0) is 4.79 Å². The molecule has 2 aromatic rings. The minimum absolute atomic E-state index is 0.159. The van der Waals surface area contributed by atoms with E-state index in [4.69, 9.17) is 9.47 Å². The van der Waals surface area contributed by atoms with Gasteiger partial charge in [0.1, 0.15) is 17.6 Å². The van der Waals surface area contributed by atoms with Crippen molar-refractivity contribution in [2.75, 3.05) is 13.6 Å². The normalized spacial score (nSPS) is 23.4. The highest BCUT2D eigenvalue weighted by atomic mass is 16.5.